The van der Waals surface area contributed by atoms with E-state index >= 15 is 0 Å². The lowest BCUT2D eigenvalue weighted by Crippen LogP contribution is -2.13. The topological polar surface area (TPSA) is 56.8 Å². The molecule has 0 bridgehead atoms. The van der Waals surface area contributed by atoms with Crippen LogP contribution >= 0.6 is 11.6 Å². The molecule has 0 spiro atoms. The van der Waals surface area contributed by atoms with Crippen LogP contribution in [-0.4, -0.2) is 26.7 Å². The van der Waals surface area contributed by atoms with Gasteiger partial charge in [-0.25, -0.2) is 0 Å². The van der Waals surface area contributed by atoms with Crippen molar-refractivity contribution >= 4 is 23.2 Å². The largest absolute Gasteiger partial charge is 0.495 e. The summed E-state index contributed by atoms with van der Waals surface area (Å²) in [5.41, 5.74) is 1.48. The van der Waals surface area contributed by atoms with Crippen molar-refractivity contribution in [3.8, 4) is 17.2 Å². The number of anilines is 1. The Kier molecular flexibility index (Phi) is 6.95. The molecule has 0 aliphatic carbocycles. The standard InChI is InChI=1S/C19H22ClNO4/c1-13-11-15(18(24-3)12-14(13)20)21-19(22)9-6-10-25-17-8-5-4-7-16(17)23-2/h4-5,7-8,11-12H,6,9-10H2,1-3H3,(H,21,22). The fourth-order valence-electron chi connectivity index (χ4n) is 2.30. The Morgan fingerprint density at radius 1 is 1.08 bits per heavy atom. The molecule has 0 aliphatic heterocycles. The molecule has 2 aromatic rings. The van der Waals surface area contributed by atoms with Crippen LogP contribution in [0.1, 0.15) is 18.4 Å². The molecule has 2 rings (SSSR count). The van der Waals surface area contributed by atoms with Crippen LogP contribution < -0.4 is 19.5 Å². The van der Waals surface area contributed by atoms with E-state index in [1.807, 2.05) is 31.2 Å². The van der Waals surface area contributed by atoms with E-state index in [1.165, 1.54) is 7.11 Å². The number of para-hydroxylation sites is 2. The number of aryl methyl sites for hydroxylation is 1. The number of carbonyl (C=O) groups is 1. The summed E-state index contributed by atoms with van der Waals surface area (Å²) in [5.74, 6) is 1.77. The molecule has 1 N–H and O–H groups in total. The summed E-state index contributed by atoms with van der Waals surface area (Å²) in [6.45, 7) is 2.29. The van der Waals surface area contributed by atoms with Gasteiger partial charge in [0.1, 0.15) is 5.75 Å². The van der Waals surface area contributed by atoms with Gasteiger partial charge in [0.25, 0.3) is 0 Å². The van der Waals surface area contributed by atoms with Crippen molar-refractivity contribution in [3.05, 3.63) is 47.0 Å². The minimum atomic E-state index is -0.108. The van der Waals surface area contributed by atoms with Gasteiger partial charge in [-0.1, -0.05) is 23.7 Å². The lowest BCUT2D eigenvalue weighted by molar-refractivity contribution is -0.116. The summed E-state index contributed by atoms with van der Waals surface area (Å²) in [4.78, 5) is 12.1. The zero-order chi connectivity index (χ0) is 18.2. The van der Waals surface area contributed by atoms with Gasteiger partial charge in [0.05, 0.1) is 26.5 Å². The van der Waals surface area contributed by atoms with E-state index in [1.54, 1.807) is 19.2 Å². The fourth-order valence-corrected chi connectivity index (χ4v) is 2.45. The molecule has 0 heterocycles. The molecule has 0 fully saturated rings. The van der Waals surface area contributed by atoms with Crippen LogP contribution in [-0.2, 0) is 4.79 Å². The molecule has 1 amide bonds. The van der Waals surface area contributed by atoms with E-state index in [4.69, 9.17) is 25.8 Å². The molecule has 0 radical (unpaired) electrons. The highest BCUT2D eigenvalue weighted by atomic mass is 35.5. The maximum atomic E-state index is 12.1. The lowest BCUT2D eigenvalue weighted by Gasteiger charge is -2.13. The molecule has 25 heavy (non-hydrogen) atoms. The van der Waals surface area contributed by atoms with Crippen LogP contribution in [0.3, 0.4) is 0 Å². The number of hydrogen-bond donors (Lipinski definition) is 1. The SMILES string of the molecule is COc1cc(Cl)c(C)cc1NC(=O)CCCOc1ccccc1OC. The second-order valence-electron chi connectivity index (χ2n) is 5.45. The molecule has 5 nitrogen and oxygen atoms in total. The molecule has 2 aromatic carbocycles. The van der Waals surface area contributed by atoms with E-state index < -0.39 is 0 Å². The Hall–Kier alpha value is -2.40. The van der Waals surface area contributed by atoms with Gasteiger partial charge in [-0.05, 0) is 37.1 Å². The highest BCUT2D eigenvalue weighted by molar-refractivity contribution is 6.31. The van der Waals surface area contributed by atoms with Crippen LogP contribution in [0.5, 0.6) is 17.2 Å². The van der Waals surface area contributed by atoms with Crippen molar-refractivity contribution in [2.45, 2.75) is 19.8 Å². The monoisotopic (exact) mass is 363 g/mol. The molecule has 0 aromatic heterocycles. The summed E-state index contributed by atoms with van der Waals surface area (Å²) in [5, 5.41) is 3.45. The van der Waals surface area contributed by atoms with Crippen LogP contribution in [0.25, 0.3) is 0 Å². The second-order valence-corrected chi connectivity index (χ2v) is 5.86. The zero-order valence-electron chi connectivity index (χ0n) is 14.6. The molecule has 0 unspecified atom stereocenters. The molecule has 134 valence electrons. The van der Waals surface area contributed by atoms with Crippen molar-refractivity contribution in [1.82, 2.24) is 0 Å². The maximum Gasteiger partial charge on any atom is 0.224 e. The van der Waals surface area contributed by atoms with E-state index in [-0.39, 0.29) is 5.91 Å². The van der Waals surface area contributed by atoms with Crippen LogP contribution in [0, 0.1) is 6.92 Å². The van der Waals surface area contributed by atoms with Crippen molar-refractivity contribution in [1.29, 1.82) is 0 Å². The number of rotatable bonds is 8. The highest BCUT2D eigenvalue weighted by Gasteiger charge is 2.10. The predicted molar refractivity (Wildman–Crippen MR) is 99.1 cm³/mol. The fraction of sp³-hybridized carbons (Fsp3) is 0.316. The minimum absolute atomic E-state index is 0.108. The smallest absolute Gasteiger partial charge is 0.224 e. The Bertz CT molecular complexity index is 733. The quantitative estimate of drug-likeness (QED) is 0.703. The van der Waals surface area contributed by atoms with Gasteiger partial charge in [0, 0.05) is 17.5 Å². The number of benzene rings is 2. The Labute approximate surface area is 152 Å². The average molecular weight is 364 g/mol. The second kappa shape index (κ2) is 9.18. The number of halogens is 1. The van der Waals surface area contributed by atoms with Gasteiger partial charge in [0.2, 0.25) is 5.91 Å². The van der Waals surface area contributed by atoms with Crippen molar-refractivity contribution < 1.29 is 19.0 Å². The molecule has 6 heteroatoms. The van der Waals surface area contributed by atoms with E-state index in [2.05, 4.69) is 5.32 Å². The summed E-state index contributed by atoms with van der Waals surface area (Å²) in [7, 11) is 3.13. The Morgan fingerprint density at radius 2 is 1.76 bits per heavy atom. The summed E-state index contributed by atoms with van der Waals surface area (Å²) in [6, 6.07) is 10.9. The van der Waals surface area contributed by atoms with Gasteiger partial charge in [-0.15, -0.1) is 0 Å². The van der Waals surface area contributed by atoms with Crippen molar-refractivity contribution in [2.24, 2.45) is 0 Å². The highest BCUT2D eigenvalue weighted by Crippen LogP contribution is 2.31. The number of hydrogen-bond acceptors (Lipinski definition) is 4. The minimum Gasteiger partial charge on any atom is -0.495 e. The predicted octanol–water partition coefficient (Wildman–Crippen LogP) is 4.46. The van der Waals surface area contributed by atoms with Gasteiger partial charge in [-0.3, -0.25) is 4.79 Å². The number of ether oxygens (including phenoxy) is 3. The Balaban J connectivity index is 1.84. The molecular formula is C19H22ClNO4. The normalized spacial score (nSPS) is 10.2. The average Bonchev–Trinajstić information content (AvgIpc) is 2.62. The summed E-state index contributed by atoms with van der Waals surface area (Å²) >= 11 is 6.07. The van der Waals surface area contributed by atoms with Crippen LogP contribution in [0.4, 0.5) is 5.69 Å². The van der Waals surface area contributed by atoms with Crippen LogP contribution in [0.15, 0.2) is 36.4 Å². The van der Waals surface area contributed by atoms with Gasteiger partial charge >= 0.3 is 0 Å². The zero-order valence-corrected chi connectivity index (χ0v) is 15.4. The third-order valence-corrected chi connectivity index (χ3v) is 4.04. The molecule has 0 saturated carbocycles. The van der Waals surface area contributed by atoms with E-state index in [0.29, 0.717) is 47.4 Å². The number of methoxy groups -OCH3 is 2. The first-order chi connectivity index (χ1) is 12.0. The molecular weight excluding hydrogens is 342 g/mol. The Morgan fingerprint density at radius 3 is 2.44 bits per heavy atom. The molecule has 0 saturated heterocycles. The number of nitrogens with one attached hydrogen (secondary N) is 1. The molecule has 0 atom stereocenters. The summed E-state index contributed by atoms with van der Waals surface area (Å²) < 4.78 is 16.1. The van der Waals surface area contributed by atoms with E-state index in [9.17, 15) is 4.79 Å². The third-order valence-electron chi connectivity index (χ3n) is 3.63. The number of carbonyl (C=O) groups excluding carboxylic acids is 1. The first kappa shape index (κ1) is 18.9. The molecule has 0 aliphatic rings. The van der Waals surface area contributed by atoms with E-state index in [0.717, 1.165) is 5.56 Å². The number of amides is 1. The van der Waals surface area contributed by atoms with Crippen molar-refractivity contribution in [3.63, 3.8) is 0 Å². The van der Waals surface area contributed by atoms with Gasteiger partial charge in [0.15, 0.2) is 11.5 Å². The summed E-state index contributed by atoms with van der Waals surface area (Å²) in [6.07, 6.45) is 0.915. The first-order valence-corrected chi connectivity index (χ1v) is 8.32. The first-order valence-electron chi connectivity index (χ1n) is 7.95. The van der Waals surface area contributed by atoms with Gasteiger partial charge < -0.3 is 19.5 Å². The lowest BCUT2D eigenvalue weighted by atomic mass is 10.2. The maximum absolute atomic E-state index is 12.1. The van der Waals surface area contributed by atoms with Crippen LogP contribution in [0.2, 0.25) is 5.02 Å². The third kappa shape index (κ3) is 5.29. The van der Waals surface area contributed by atoms with Gasteiger partial charge in [-0.2, -0.15) is 0 Å². The van der Waals surface area contributed by atoms with Crippen molar-refractivity contribution in [2.75, 3.05) is 26.1 Å².